The topological polar surface area (TPSA) is 89.8 Å². The van der Waals surface area contributed by atoms with Crippen LogP contribution in [0.5, 0.6) is 17.6 Å². The minimum Gasteiger partial charge on any atom is -0.481 e. The summed E-state index contributed by atoms with van der Waals surface area (Å²) >= 11 is 3.59. The predicted octanol–water partition coefficient (Wildman–Crippen LogP) is 5.79. The largest absolute Gasteiger partial charge is 0.481 e. The van der Waals surface area contributed by atoms with Crippen LogP contribution >= 0.6 is 15.9 Å². The van der Waals surface area contributed by atoms with Gasteiger partial charge in [-0.3, -0.25) is 4.98 Å². The lowest BCUT2D eigenvalue weighted by Gasteiger charge is -2.39. The van der Waals surface area contributed by atoms with Crippen LogP contribution in [0.25, 0.3) is 10.9 Å². The Morgan fingerprint density at radius 3 is 2.40 bits per heavy atom. The van der Waals surface area contributed by atoms with E-state index in [-0.39, 0.29) is 0 Å². The molecule has 0 aliphatic rings. The molecule has 0 saturated heterocycles. The second-order valence-electron chi connectivity index (χ2n) is 10.1. The Bertz CT molecular complexity index is 1500. The van der Waals surface area contributed by atoms with Crippen LogP contribution in [-0.4, -0.2) is 66.4 Å². The first-order valence-corrected chi connectivity index (χ1v) is 14.0. The Kier molecular flexibility index (Phi) is 9.28. The molecule has 2 unspecified atom stereocenters. The van der Waals surface area contributed by atoms with Gasteiger partial charge >= 0.3 is 0 Å². The second-order valence-corrected chi connectivity index (χ2v) is 11.0. The molecule has 0 spiro atoms. The fourth-order valence-corrected chi connectivity index (χ4v) is 5.46. The summed E-state index contributed by atoms with van der Waals surface area (Å²) in [6.45, 7) is 6.95. The molecular formula is C31H37BrN4O4. The minimum absolute atomic E-state index is 0.359. The highest BCUT2D eigenvalue weighted by Gasteiger charge is 2.44. The first kappa shape index (κ1) is 29.7. The van der Waals surface area contributed by atoms with Crippen molar-refractivity contribution in [3.63, 3.8) is 0 Å². The number of ether oxygens (including phenoxy) is 3. The highest BCUT2D eigenvalue weighted by molar-refractivity contribution is 9.10. The predicted molar refractivity (Wildman–Crippen MR) is 161 cm³/mol. The minimum atomic E-state index is -1.44. The molecule has 0 aliphatic heterocycles. The van der Waals surface area contributed by atoms with Gasteiger partial charge in [0.25, 0.3) is 0 Å². The summed E-state index contributed by atoms with van der Waals surface area (Å²) in [6, 6.07) is 13.5. The molecule has 8 nitrogen and oxygen atoms in total. The molecule has 9 heteroatoms. The lowest BCUT2D eigenvalue weighted by molar-refractivity contribution is 0.00307. The molecule has 0 aliphatic carbocycles. The number of fused-ring (bicyclic) bond motifs is 1. The van der Waals surface area contributed by atoms with Gasteiger partial charge in [0.15, 0.2) is 0 Å². The van der Waals surface area contributed by atoms with Gasteiger partial charge in [-0.05, 0) is 88.3 Å². The Balaban J connectivity index is 2.10. The number of aliphatic hydroxyl groups is 1. The molecule has 4 aromatic rings. The average molecular weight is 610 g/mol. The van der Waals surface area contributed by atoms with Crippen LogP contribution in [0.15, 0.2) is 53.1 Å². The molecule has 0 amide bonds. The van der Waals surface area contributed by atoms with Crippen molar-refractivity contribution in [3.05, 3.63) is 81.1 Å². The lowest BCUT2D eigenvalue weighted by atomic mass is 9.71. The van der Waals surface area contributed by atoms with Crippen LogP contribution in [-0.2, 0) is 5.60 Å². The average Bonchev–Trinajstić information content (AvgIpc) is 2.93. The van der Waals surface area contributed by atoms with E-state index in [9.17, 15) is 5.11 Å². The molecule has 212 valence electrons. The number of pyridine rings is 3. The summed E-state index contributed by atoms with van der Waals surface area (Å²) in [7, 11) is 7.15. The third-order valence-corrected chi connectivity index (χ3v) is 7.77. The first-order chi connectivity index (χ1) is 19.1. The number of aryl methyl sites for hydroxylation is 1. The summed E-state index contributed by atoms with van der Waals surface area (Å²) in [6.07, 6.45) is 2.18. The molecule has 4 rings (SSSR count). The Morgan fingerprint density at radius 2 is 1.73 bits per heavy atom. The molecule has 0 radical (unpaired) electrons. The molecule has 40 heavy (non-hydrogen) atoms. The summed E-state index contributed by atoms with van der Waals surface area (Å²) in [5, 5.41) is 14.0. The van der Waals surface area contributed by atoms with E-state index in [0.717, 1.165) is 37.8 Å². The normalized spacial score (nSPS) is 13.8. The van der Waals surface area contributed by atoms with Crippen molar-refractivity contribution < 1.29 is 19.3 Å². The van der Waals surface area contributed by atoms with E-state index < -0.39 is 11.5 Å². The number of aromatic nitrogens is 3. The van der Waals surface area contributed by atoms with E-state index in [4.69, 9.17) is 19.2 Å². The molecule has 2 atom stereocenters. The van der Waals surface area contributed by atoms with E-state index in [1.165, 1.54) is 0 Å². The molecular weight excluding hydrogens is 572 g/mol. The maximum absolute atomic E-state index is 13.1. The van der Waals surface area contributed by atoms with Gasteiger partial charge in [0.2, 0.25) is 17.6 Å². The van der Waals surface area contributed by atoms with Crippen LogP contribution in [0.3, 0.4) is 0 Å². The number of nitrogens with zero attached hydrogens (tertiary/aromatic N) is 4. The van der Waals surface area contributed by atoms with E-state index in [1.807, 2.05) is 59.1 Å². The number of rotatable bonds is 11. The van der Waals surface area contributed by atoms with Crippen molar-refractivity contribution >= 4 is 26.8 Å². The monoisotopic (exact) mass is 608 g/mol. The molecule has 0 saturated carbocycles. The van der Waals surface area contributed by atoms with Gasteiger partial charge in [-0.15, -0.1) is 0 Å². The number of methoxy groups -OCH3 is 2. The van der Waals surface area contributed by atoms with Gasteiger partial charge in [0, 0.05) is 51.9 Å². The zero-order chi connectivity index (χ0) is 29.0. The highest BCUT2D eigenvalue weighted by atomic mass is 79.9. The van der Waals surface area contributed by atoms with Gasteiger partial charge in [0.05, 0.1) is 26.3 Å². The van der Waals surface area contributed by atoms with Crippen LogP contribution in [0.4, 0.5) is 0 Å². The van der Waals surface area contributed by atoms with Crippen LogP contribution in [0.1, 0.15) is 47.2 Å². The van der Waals surface area contributed by atoms with Crippen molar-refractivity contribution in [2.45, 2.75) is 38.7 Å². The SMILES string of the molecule is CCOc1cc(C(O)(CCN(C)C)C(c2cc3cc(Br)ccc3nc2OC)c2ccnc(C)c2C)cc(OC)n1. The molecule has 1 aromatic carbocycles. The van der Waals surface area contributed by atoms with E-state index in [1.54, 1.807) is 32.5 Å². The fourth-order valence-electron chi connectivity index (χ4n) is 5.08. The van der Waals surface area contributed by atoms with Gasteiger partial charge in [-0.25, -0.2) is 4.98 Å². The number of hydrogen-bond acceptors (Lipinski definition) is 8. The molecule has 3 heterocycles. The zero-order valence-corrected chi connectivity index (χ0v) is 25.7. The summed E-state index contributed by atoms with van der Waals surface area (Å²) in [5.41, 5.74) is 3.54. The van der Waals surface area contributed by atoms with Crippen molar-refractivity contribution in [1.29, 1.82) is 0 Å². The summed E-state index contributed by atoms with van der Waals surface area (Å²) < 4.78 is 18.2. The van der Waals surface area contributed by atoms with E-state index >= 15 is 0 Å². The number of hydrogen-bond donors (Lipinski definition) is 1. The van der Waals surface area contributed by atoms with Crippen molar-refractivity contribution in [2.24, 2.45) is 0 Å². The Hall–Kier alpha value is -3.27. The quantitative estimate of drug-likeness (QED) is 0.229. The first-order valence-electron chi connectivity index (χ1n) is 13.2. The van der Waals surface area contributed by atoms with Crippen molar-refractivity contribution in [3.8, 4) is 17.6 Å². The third kappa shape index (κ3) is 6.06. The fraction of sp³-hybridized carbons (Fsp3) is 0.387. The zero-order valence-electron chi connectivity index (χ0n) is 24.2. The molecule has 1 N–H and O–H groups in total. The van der Waals surface area contributed by atoms with Gasteiger partial charge < -0.3 is 24.2 Å². The lowest BCUT2D eigenvalue weighted by Crippen LogP contribution is -2.38. The van der Waals surface area contributed by atoms with Crippen LogP contribution < -0.4 is 14.2 Å². The maximum Gasteiger partial charge on any atom is 0.217 e. The Labute approximate surface area is 244 Å². The van der Waals surface area contributed by atoms with Crippen molar-refractivity contribution in [1.82, 2.24) is 19.9 Å². The second kappa shape index (κ2) is 12.5. The smallest absolute Gasteiger partial charge is 0.217 e. The van der Waals surface area contributed by atoms with E-state index in [0.29, 0.717) is 42.8 Å². The highest BCUT2D eigenvalue weighted by Crippen LogP contribution is 2.49. The molecule has 0 fully saturated rings. The van der Waals surface area contributed by atoms with Gasteiger partial charge in [0.1, 0.15) is 5.60 Å². The number of halogens is 1. The van der Waals surface area contributed by atoms with Crippen LogP contribution in [0, 0.1) is 13.8 Å². The van der Waals surface area contributed by atoms with Crippen LogP contribution in [0.2, 0.25) is 0 Å². The summed E-state index contributed by atoms with van der Waals surface area (Å²) in [5.74, 6) is 0.608. The Morgan fingerprint density at radius 1 is 0.975 bits per heavy atom. The maximum atomic E-state index is 13.1. The van der Waals surface area contributed by atoms with Gasteiger partial charge in [-0.1, -0.05) is 15.9 Å². The number of benzene rings is 1. The molecule has 3 aromatic heterocycles. The molecule has 0 bridgehead atoms. The third-order valence-electron chi connectivity index (χ3n) is 7.28. The standard InChI is InChI=1S/C31H37BrN4O4/c1-8-40-28-18-22(17-27(35-28)38-6)31(37,12-14-36(4)5)29(24-11-13-33-20(3)19(24)2)25-16-21-15-23(32)9-10-26(21)34-30(25)39-7/h9-11,13,15-18,29,37H,8,12,14H2,1-7H3. The summed E-state index contributed by atoms with van der Waals surface area (Å²) in [4.78, 5) is 15.9. The van der Waals surface area contributed by atoms with Crippen molar-refractivity contribution in [2.75, 3.05) is 41.5 Å². The van der Waals surface area contributed by atoms with Gasteiger partial charge in [-0.2, -0.15) is 4.98 Å². The van der Waals surface area contributed by atoms with E-state index in [2.05, 4.69) is 36.9 Å².